The number of aryl methyl sites for hydroxylation is 2. The number of carbonyl (C=O) groups excluding carboxylic acids is 2. The molecule has 9 heteroatoms. The number of carbonyl (C=O) groups is 2. The van der Waals surface area contributed by atoms with Gasteiger partial charge in [0.05, 0.1) is 11.9 Å². The van der Waals surface area contributed by atoms with Crippen molar-refractivity contribution in [2.75, 3.05) is 17.1 Å². The van der Waals surface area contributed by atoms with Gasteiger partial charge in [0.25, 0.3) is 0 Å². The maximum Gasteiger partial charge on any atom is 0.244 e. The van der Waals surface area contributed by atoms with Crippen LogP contribution in [0.3, 0.4) is 0 Å². The number of halogens is 1. The van der Waals surface area contributed by atoms with E-state index in [4.69, 9.17) is 0 Å². The van der Waals surface area contributed by atoms with Crippen LogP contribution in [0, 0.1) is 19.7 Å². The summed E-state index contributed by atoms with van der Waals surface area (Å²) in [5.74, 6) is -1.33. The maximum atomic E-state index is 13.4. The number of benzene rings is 2. The first-order chi connectivity index (χ1) is 15.3. The molecule has 2 aromatic rings. The lowest BCUT2D eigenvalue weighted by Crippen LogP contribution is -2.52. The second-order valence-corrected chi connectivity index (χ2v) is 10.4. The molecule has 33 heavy (non-hydrogen) atoms. The van der Waals surface area contributed by atoms with Crippen LogP contribution in [-0.2, 0) is 26.2 Å². The van der Waals surface area contributed by atoms with Crippen LogP contribution in [0.25, 0.3) is 0 Å². The molecule has 0 saturated carbocycles. The van der Waals surface area contributed by atoms with Crippen LogP contribution in [0.5, 0.6) is 0 Å². The Bertz CT molecular complexity index is 1100. The van der Waals surface area contributed by atoms with Gasteiger partial charge in [-0.05, 0) is 75.6 Å². The quantitative estimate of drug-likeness (QED) is 0.601. The fraction of sp³-hybridized carbons (Fsp3) is 0.417. The molecule has 7 nitrogen and oxygen atoms in total. The van der Waals surface area contributed by atoms with E-state index in [2.05, 4.69) is 5.32 Å². The van der Waals surface area contributed by atoms with Gasteiger partial charge in [0, 0.05) is 12.6 Å². The standard InChI is InChI=1S/C24H32FN3O4S/c1-16(2)26-24(30)19(5)27(14-20-8-10-21(25)11-9-20)23(29)15-28(33(6,31)32)22-12-7-17(3)18(4)13-22/h7-13,16,19H,14-15H2,1-6H3,(H,26,30). The Morgan fingerprint density at radius 2 is 1.61 bits per heavy atom. The smallest absolute Gasteiger partial charge is 0.244 e. The van der Waals surface area contributed by atoms with Gasteiger partial charge in [0.1, 0.15) is 18.4 Å². The van der Waals surface area contributed by atoms with Crippen LogP contribution in [0.1, 0.15) is 37.5 Å². The molecule has 0 aliphatic heterocycles. The molecule has 0 aliphatic rings. The molecule has 0 aliphatic carbocycles. The molecule has 0 aromatic heterocycles. The third-order valence-electron chi connectivity index (χ3n) is 5.32. The highest BCUT2D eigenvalue weighted by atomic mass is 32.2. The molecule has 2 rings (SSSR count). The molecule has 0 saturated heterocycles. The fourth-order valence-electron chi connectivity index (χ4n) is 3.27. The van der Waals surface area contributed by atoms with Crippen molar-refractivity contribution in [3.05, 3.63) is 65.0 Å². The molecule has 1 N–H and O–H groups in total. The third-order valence-corrected chi connectivity index (χ3v) is 6.46. The van der Waals surface area contributed by atoms with Gasteiger partial charge in [-0.1, -0.05) is 18.2 Å². The first kappa shape index (κ1) is 26.3. The SMILES string of the molecule is Cc1ccc(N(CC(=O)N(Cc2ccc(F)cc2)C(C)C(=O)NC(C)C)S(C)(=O)=O)cc1C. The van der Waals surface area contributed by atoms with E-state index >= 15 is 0 Å². The molecule has 180 valence electrons. The second kappa shape index (κ2) is 10.8. The van der Waals surface area contributed by atoms with Crippen molar-refractivity contribution in [1.82, 2.24) is 10.2 Å². The molecule has 0 radical (unpaired) electrons. The second-order valence-electron chi connectivity index (χ2n) is 8.53. The average molecular weight is 478 g/mol. The fourth-order valence-corrected chi connectivity index (χ4v) is 4.11. The van der Waals surface area contributed by atoms with E-state index in [1.165, 1.54) is 29.2 Å². The van der Waals surface area contributed by atoms with Gasteiger partial charge in [0.15, 0.2) is 0 Å². The number of sulfonamides is 1. The molecular weight excluding hydrogens is 445 g/mol. The number of nitrogens with one attached hydrogen (secondary N) is 1. The van der Waals surface area contributed by atoms with Gasteiger partial charge in [-0.3, -0.25) is 13.9 Å². The Kier molecular flexibility index (Phi) is 8.60. The van der Waals surface area contributed by atoms with Crippen molar-refractivity contribution in [2.24, 2.45) is 0 Å². The molecule has 0 spiro atoms. The van der Waals surface area contributed by atoms with Crippen LogP contribution in [0.4, 0.5) is 10.1 Å². The van der Waals surface area contributed by atoms with Crippen molar-refractivity contribution in [1.29, 1.82) is 0 Å². The van der Waals surface area contributed by atoms with Crippen molar-refractivity contribution in [2.45, 2.75) is 53.2 Å². The summed E-state index contributed by atoms with van der Waals surface area (Å²) in [4.78, 5) is 27.4. The van der Waals surface area contributed by atoms with Crippen molar-refractivity contribution in [3.8, 4) is 0 Å². The molecule has 2 aromatic carbocycles. The van der Waals surface area contributed by atoms with Crippen LogP contribution in [0.15, 0.2) is 42.5 Å². The highest BCUT2D eigenvalue weighted by molar-refractivity contribution is 7.92. The number of amides is 2. The predicted molar refractivity (Wildman–Crippen MR) is 128 cm³/mol. The van der Waals surface area contributed by atoms with Crippen LogP contribution in [0.2, 0.25) is 0 Å². The highest BCUT2D eigenvalue weighted by Crippen LogP contribution is 2.22. The highest BCUT2D eigenvalue weighted by Gasteiger charge is 2.30. The summed E-state index contributed by atoms with van der Waals surface area (Å²) in [6.07, 6.45) is 1.04. The predicted octanol–water partition coefficient (Wildman–Crippen LogP) is 3.15. The topological polar surface area (TPSA) is 86.8 Å². The zero-order valence-corrected chi connectivity index (χ0v) is 20.7. The summed E-state index contributed by atoms with van der Waals surface area (Å²) in [6, 6.07) is 9.75. The minimum atomic E-state index is -3.78. The molecule has 0 heterocycles. The van der Waals surface area contributed by atoms with E-state index in [9.17, 15) is 22.4 Å². The number of rotatable bonds is 9. The summed E-state index contributed by atoms with van der Waals surface area (Å²) in [5.41, 5.74) is 2.87. The van der Waals surface area contributed by atoms with E-state index < -0.39 is 34.3 Å². The van der Waals surface area contributed by atoms with Gasteiger partial charge in [-0.2, -0.15) is 0 Å². The Morgan fingerprint density at radius 1 is 1.00 bits per heavy atom. The zero-order chi connectivity index (χ0) is 24.9. The van der Waals surface area contributed by atoms with E-state index in [1.54, 1.807) is 25.1 Å². The van der Waals surface area contributed by atoms with E-state index in [0.29, 0.717) is 11.3 Å². The first-order valence-electron chi connectivity index (χ1n) is 10.7. The summed E-state index contributed by atoms with van der Waals surface area (Å²) in [5, 5.41) is 2.78. The minimum absolute atomic E-state index is 0.0241. The number of hydrogen-bond donors (Lipinski definition) is 1. The Balaban J connectivity index is 2.40. The van der Waals surface area contributed by atoms with Crippen LogP contribution >= 0.6 is 0 Å². The van der Waals surface area contributed by atoms with E-state index in [1.807, 2.05) is 27.7 Å². The van der Waals surface area contributed by atoms with Gasteiger partial charge < -0.3 is 10.2 Å². The summed E-state index contributed by atoms with van der Waals surface area (Å²) < 4.78 is 39.5. The van der Waals surface area contributed by atoms with Crippen molar-refractivity contribution < 1.29 is 22.4 Å². The lowest BCUT2D eigenvalue weighted by atomic mass is 10.1. The third kappa shape index (κ3) is 7.28. The summed E-state index contributed by atoms with van der Waals surface area (Å²) in [7, 11) is -3.78. The summed E-state index contributed by atoms with van der Waals surface area (Å²) >= 11 is 0. The molecule has 0 fully saturated rings. The Morgan fingerprint density at radius 3 is 2.12 bits per heavy atom. The minimum Gasteiger partial charge on any atom is -0.352 e. The molecule has 2 amide bonds. The largest absolute Gasteiger partial charge is 0.352 e. The molecular formula is C24H32FN3O4S. The monoisotopic (exact) mass is 477 g/mol. The van der Waals surface area contributed by atoms with Crippen LogP contribution in [-0.4, -0.2) is 50.0 Å². The van der Waals surface area contributed by atoms with Crippen LogP contribution < -0.4 is 9.62 Å². The van der Waals surface area contributed by atoms with Crippen molar-refractivity contribution in [3.63, 3.8) is 0 Å². The maximum absolute atomic E-state index is 13.4. The Hall–Kier alpha value is -2.94. The number of nitrogens with zero attached hydrogens (tertiary/aromatic N) is 2. The van der Waals surface area contributed by atoms with E-state index in [-0.39, 0.29) is 18.5 Å². The van der Waals surface area contributed by atoms with Crippen molar-refractivity contribution >= 4 is 27.5 Å². The van der Waals surface area contributed by atoms with E-state index in [0.717, 1.165) is 21.7 Å². The lowest BCUT2D eigenvalue weighted by Gasteiger charge is -2.32. The van der Waals surface area contributed by atoms with Gasteiger partial charge in [-0.15, -0.1) is 0 Å². The average Bonchev–Trinajstić information content (AvgIpc) is 2.71. The summed E-state index contributed by atoms with van der Waals surface area (Å²) in [6.45, 7) is 8.52. The van der Waals surface area contributed by atoms with Gasteiger partial charge in [-0.25, -0.2) is 12.8 Å². The number of hydrogen-bond acceptors (Lipinski definition) is 4. The molecule has 1 atom stereocenters. The molecule has 0 bridgehead atoms. The lowest BCUT2D eigenvalue weighted by molar-refractivity contribution is -0.139. The zero-order valence-electron chi connectivity index (χ0n) is 19.9. The van der Waals surface area contributed by atoms with Gasteiger partial charge >= 0.3 is 0 Å². The number of anilines is 1. The normalized spacial score (nSPS) is 12.4. The Labute approximate surface area is 195 Å². The van der Waals surface area contributed by atoms with Gasteiger partial charge in [0.2, 0.25) is 21.8 Å². The molecule has 1 unspecified atom stereocenters. The first-order valence-corrected chi connectivity index (χ1v) is 12.5.